The molecule has 3 fully saturated rings. The Balaban J connectivity index is 0.991. The number of aliphatic hydroxyl groups is 1. The second kappa shape index (κ2) is 16.3. The molecule has 1 aromatic carbocycles. The number of imidazole rings is 2. The molecule has 0 radical (unpaired) electrons. The number of allylic oxidation sites excluding steroid dienone is 4. The largest absolute Gasteiger partial charge is 0.453 e. The van der Waals surface area contributed by atoms with E-state index >= 15 is 0 Å². The molecule has 15 nitrogen and oxygen atoms in total. The summed E-state index contributed by atoms with van der Waals surface area (Å²) >= 11 is 0. The second-order valence-corrected chi connectivity index (χ2v) is 17.0. The lowest BCUT2D eigenvalue weighted by atomic mass is 9.78. The van der Waals surface area contributed by atoms with Crippen molar-refractivity contribution in [2.75, 3.05) is 40.5 Å². The van der Waals surface area contributed by atoms with Crippen LogP contribution in [-0.2, 0) is 19.0 Å². The number of amides is 3. The third-order valence-corrected chi connectivity index (χ3v) is 13.2. The van der Waals surface area contributed by atoms with Crippen LogP contribution in [0.3, 0.4) is 0 Å². The number of hydrogen-bond acceptors (Lipinski definition) is 9. The van der Waals surface area contributed by atoms with E-state index in [0.29, 0.717) is 26.3 Å². The van der Waals surface area contributed by atoms with Crippen molar-refractivity contribution in [3.05, 3.63) is 71.7 Å². The van der Waals surface area contributed by atoms with Crippen LogP contribution >= 0.6 is 0 Å². The van der Waals surface area contributed by atoms with E-state index in [0.717, 1.165) is 79.1 Å². The number of likely N-dealkylation sites (tertiary alicyclic amines) is 1. The molecule has 5 aliphatic rings. The third-order valence-electron chi connectivity index (χ3n) is 13.2. The first-order valence-corrected chi connectivity index (χ1v) is 20.7. The minimum atomic E-state index is -0.933. The topological polar surface area (TPSA) is 178 Å². The first kappa shape index (κ1) is 39.8. The van der Waals surface area contributed by atoms with E-state index in [9.17, 15) is 19.5 Å². The number of aromatic nitrogens is 4. The van der Waals surface area contributed by atoms with Gasteiger partial charge in [-0.05, 0) is 79.9 Å². The third kappa shape index (κ3) is 7.55. The zero-order valence-corrected chi connectivity index (χ0v) is 34.1. The van der Waals surface area contributed by atoms with Crippen LogP contribution in [0, 0.1) is 11.3 Å². The van der Waals surface area contributed by atoms with Crippen LogP contribution in [0.2, 0.25) is 0 Å². The van der Waals surface area contributed by atoms with E-state index in [-0.39, 0.29) is 35.4 Å². The van der Waals surface area contributed by atoms with E-state index < -0.39 is 30.5 Å². The molecule has 3 aromatic rings. The summed E-state index contributed by atoms with van der Waals surface area (Å²) in [7, 11) is 2.64. The summed E-state index contributed by atoms with van der Waals surface area (Å²) in [5.41, 5.74) is 6.55. The van der Waals surface area contributed by atoms with E-state index in [2.05, 4.69) is 72.7 Å². The van der Waals surface area contributed by atoms with E-state index in [4.69, 9.17) is 19.2 Å². The number of benzene rings is 1. The van der Waals surface area contributed by atoms with Crippen molar-refractivity contribution >= 4 is 29.2 Å². The molecule has 0 bridgehead atoms. The van der Waals surface area contributed by atoms with Crippen LogP contribution in [0.25, 0.3) is 22.4 Å². The van der Waals surface area contributed by atoms with Gasteiger partial charge < -0.3 is 39.8 Å². The zero-order valence-electron chi connectivity index (χ0n) is 34.1. The molecule has 1 spiro atoms. The molecule has 5 N–H and O–H groups in total. The highest BCUT2D eigenvalue weighted by molar-refractivity contribution is 5.87. The summed E-state index contributed by atoms with van der Waals surface area (Å²) < 4.78 is 17.6. The van der Waals surface area contributed by atoms with Crippen molar-refractivity contribution in [2.45, 2.75) is 102 Å². The molecular weight excluding hydrogens is 741 g/mol. The molecule has 3 saturated heterocycles. The average Bonchev–Trinajstić information content (AvgIpc) is 4.07. The molecule has 6 heterocycles. The number of methoxy groups -OCH3 is 2. The summed E-state index contributed by atoms with van der Waals surface area (Å²) in [5.74, 6) is 1.68. The van der Waals surface area contributed by atoms with Gasteiger partial charge in [-0.25, -0.2) is 24.1 Å². The number of nitrogens with zero attached hydrogens (tertiary/aromatic N) is 4. The van der Waals surface area contributed by atoms with Crippen molar-refractivity contribution < 1.29 is 38.3 Å². The highest BCUT2D eigenvalue weighted by Crippen LogP contribution is 2.49. The maximum Gasteiger partial charge on any atom is 0.407 e. The molecule has 310 valence electrons. The van der Waals surface area contributed by atoms with Gasteiger partial charge in [0.1, 0.15) is 30.3 Å². The minimum Gasteiger partial charge on any atom is -0.453 e. The van der Waals surface area contributed by atoms with Gasteiger partial charge >= 0.3 is 12.2 Å². The van der Waals surface area contributed by atoms with Gasteiger partial charge in [0, 0.05) is 31.9 Å². The van der Waals surface area contributed by atoms with Gasteiger partial charge in [-0.15, -0.1) is 0 Å². The number of carbonyl (C=O) groups is 3. The van der Waals surface area contributed by atoms with Crippen molar-refractivity contribution in [1.82, 2.24) is 35.4 Å². The first-order chi connectivity index (χ1) is 28.0. The van der Waals surface area contributed by atoms with Gasteiger partial charge in [0.25, 0.3) is 5.82 Å². The fourth-order valence-corrected chi connectivity index (χ4v) is 9.82. The van der Waals surface area contributed by atoms with Gasteiger partial charge in [0.05, 0.1) is 38.2 Å². The molecule has 0 saturated carbocycles. The van der Waals surface area contributed by atoms with Gasteiger partial charge in [-0.2, -0.15) is 0 Å². The summed E-state index contributed by atoms with van der Waals surface area (Å²) in [5, 5.41) is 17.5. The predicted molar refractivity (Wildman–Crippen MR) is 215 cm³/mol. The Morgan fingerprint density at radius 2 is 1.71 bits per heavy atom. The SMILES string of the molecule is COC(=O)NC1C(=O)N2CCCC2c2[nH]c(C3=CC=C(c4ccc(-c5cnc(C6CC7(CCOCC7)CN6C(O)C(NC(=O)OC)C(C)C)[nH]5)cc4)CC3)c[n+]2C1C. The van der Waals surface area contributed by atoms with Crippen LogP contribution < -0.4 is 15.2 Å². The quantitative estimate of drug-likeness (QED) is 0.183. The van der Waals surface area contributed by atoms with Gasteiger partial charge in [0.15, 0.2) is 11.7 Å². The number of ether oxygens (including phenoxy) is 3. The van der Waals surface area contributed by atoms with Crippen LogP contribution in [0.15, 0.2) is 48.8 Å². The van der Waals surface area contributed by atoms with Crippen molar-refractivity contribution in [3.63, 3.8) is 0 Å². The van der Waals surface area contributed by atoms with Crippen LogP contribution in [0.1, 0.15) is 107 Å². The fraction of sp³-hybridized carbons (Fsp3) is 0.558. The number of carbonyl (C=O) groups excluding carboxylic acids is 3. The number of alkyl carbamates (subject to hydrolysis) is 2. The summed E-state index contributed by atoms with van der Waals surface area (Å²) in [6, 6.07) is 6.79. The Hall–Kier alpha value is -4.99. The summed E-state index contributed by atoms with van der Waals surface area (Å²) in [6.45, 7) is 8.67. The molecule has 6 unspecified atom stereocenters. The highest BCUT2D eigenvalue weighted by Gasteiger charge is 2.50. The van der Waals surface area contributed by atoms with Gasteiger partial charge in [-0.3, -0.25) is 9.69 Å². The molecule has 58 heavy (non-hydrogen) atoms. The van der Waals surface area contributed by atoms with E-state index in [1.165, 1.54) is 25.4 Å². The van der Waals surface area contributed by atoms with Crippen LogP contribution in [0.5, 0.6) is 0 Å². The molecule has 8 rings (SSSR count). The molecular formula is C43H57N8O7+. The van der Waals surface area contributed by atoms with Crippen LogP contribution in [0.4, 0.5) is 9.59 Å². The molecule has 2 aromatic heterocycles. The molecule has 6 atom stereocenters. The molecule has 3 amide bonds. The fourth-order valence-electron chi connectivity index (χ4n) is 9.82. The number of fused-ring (bicyclic) bond motifs is 3. The Labute approximate surface area is 339 Å². The zero-order chi connectivity index (χ0) is 40.7. The predicted octanol–water partition coefficient (Wildman–Crippen LogP) is 5.16. The number of hydrogen-bond donors (Lipinski definition) is 5. The summed E-state index contributed by atoms with van der Waals surface area (Å²) in [4.78, 5) is 54.1. The molecule has 1 aliphatic carbocycles. The average molecular weight is 798 g/mol. The maximum atomic E-state index is 13.5. The minimum absolute atomic E-state index is 0.00587. The van der Waals surface area contributed by atoms with Crippen molar-refractivity contribution in [2.24, 2.45) is 11.3 Å². The molecule has 15 heteroatoms. The van der Waals surface area contributed by atoms with Crippen molar-refractivity contribution in [1.29, 1.82) is 0 Å². The Morgan fingerprint density at radius 3 is 2.40 bits per heavy atom. The van der Waals surface area contributed by atoms with Gasteiger partial charge in [-0.1, -0.05) is 50.3 Å². The molecule has 4 aliphatic heterocycles. The van der Waals surface area contributed by atoms with Crippen molar-refractivity contribution in [3.8, 4) is 11.3 Å². The lowest BCUT2D eigenvalue weighted by molar-refractivity contribution is -0.726. The summed E-state index contributed by atoms with van der Waals surface area (Å²) in [6.07, 6.45) is 12.4. The lowest BCUT2D eigenvalue weighted by Crippen LogP contribution is -2.55. The van der Waals surface area contributed by atoms with Gasteiger partial charge in [0.2, 0.25) is 5.91 Å². The monoisotopic (exact) mass is 797 g/mol. The number of H-pyrrole nitrogens is 2. The number of rotatable bonds is 9. The number of nitrogens with one attached hydrogen (secondary N) is 4. The first-order valence-electron chi connectivity index (χ1n) is 20.7. The Bertz CT molecular complexity index is 2070. The standard InChI is InChI=1S/C43H56N8O7/c1-25(2)35(47-41(54)56-4)39(52)51-24-43(16-19-58-20-17-43)21-34(51)37-44-22-31(45-37)29-12-8-27(9-13-29)28-10-14-30(15-11-28)32-23-50-26(3)36(48-42(55)57-5)40(53)49-18-6-7-33(49)38(50)46-32/h8-10,12-14,22-23,25-26,33-36,39,52H,6-7,11,15-21,24H2,1-5H3,(H3,44,45,47,48,54,55)/p+1. The smallest absolute Gasteiger partial charge is 0.407 e. The number of aromatic amines is 2. The Morgan fingerprint density at radius 1 is 1.00 bits per heavy atom. The second-order valence-electron chi connectivity index (χ2n) is 17.0. The van der Waals surface area contributed by atoms with E-state index in [1.807, 2.05) is 31.9 Å². The van der Waals surface area contributed by atoms with E-state index in [1.54, 1.807) is 0 Å². The Kier molecular flexibility index (Phi) is 11.2. The lowest BCUT2D eigenvalue weighted by Gasteiger charge is -2.37. The maximum absolute atomic E-state index is 13.5. The highest BCUT2D eigenvalue weighted by atomic mass is 16.5. The van der Waals surface area contributed by atoms with Crippen LogP contribution in [-0.4, -0.2) is 107 Å². The number of aliphatic hydroxyl groups excluding tert-OH is 1. The normalized spacial score (nSPS) is 25.4.